The highest BCUT2D eigenvalue weighted by molar-refractivity contribution is 5.18. The topological polar surface area (TPSA) is 23.5 Å². The second-order valence-corrected chi connectivity index (χ2v) is 5.55. The first-order valence-corrected chi connectivity index (χ1v) is 7.19. The van der Waals surface area contributed by atoms with E-state index >= 15 is 0 Å². The number of piperidine rings is 1. The first kappa shape index (κ1) is 13.6. The van der Waals surface area contributed by atoms with Crippen LogP contribution in [0.3, 0.4) is 0 Å². The number of hydrogen-bond acceptors (Lipinski definition) is 2. The van der Waals surface area contributed by atoms with Gasteiger partial charge in [-0.3, -0.25) is 4.90 Å². The fourth-order valence-corrected chi connectivity index (χ4v) is 2.91. The molecule has 1 saturated heterocycles. The molecule has 1 aromatic carbocycles. The van der Waals surface area contributed by atoms with Gasteiger partial charge in [-0.05, 0) is 43.8 Å². The molecule has 2 atom stereocenters. The van der Waals surface area contributed by atoms with Crippen LogP contribution in [0.15, 0.2) is 30.3 Å². The molecule has 100 valence electrons. The zero-order valence-corrected chi connectivity index (χ0v) is 11.5. The van der Waals surface area contributed by atoms with Gasteiger partial charge in [0.15, 0.2) is 0 Å². The van der Waals surface area contributed by atoms with Crippen LogP contribution in [-0.4, -0.2) is 29.1 Å². The summed E-state index contributed by atoms with van der Waals surface area (Å²) in [6.07, 6.45) is 3.17. The number of rotatable bonds is 4. The van der Waals surface area contributed by atoms with E-state index in [-0.39, 0.29) is 12.1 Å². The summed E-state index contributed by atoms with van der Waals surface area (Å²) >= 11 is 0. The summed E-state index contributed by atoms with van der Waals surface area (Å²) in [6, 6.07) is 10.3. The second-order valence-electron chi connectivity index (χ2n) is 5.55. The summed E-state index contributed by atoms with van der Waals surface area (Å²) < 4.78 is 0. The molecular weight excluding hydrogens is 222 g/mol. The molecule has 1 aromatic rings. The molecule has 2 rings (SSSR count). The Kier molecular flexibility index (Phi) is 4.79. The maximum absolute atomic E-state index is 10.6. The Morgan fingerprint density at radius 3 is 2.39 bits per heavy atom. The average Bonchev–Trinajstić information content (AvgIpc) is 2.42. The van der Waals surface area contributed by atoms with Gasteiger partial charge in [0.05, 0.1) is 6.10 Å². The highest BCUT2D eigenvalue weighted by Crippen LogP contribution is 2.27. The van der Waals surface area contributed by atoms with Crippen LogP contribution in [0.5, 0.6) is 0 Å². The van der Waals surface area contributed by atoms with E-state index in [2.05, 4.69) is 18.7 Å². The van der Waals surface area contributed by atoms with E-state index < -0.39 is 0 Å². The number of benzene rings is 1. The summed E-state index contributed by atoms with van der Waals surface area (Å²) in [5, 5.41) is 10.6. The van der Waals surface area contributed by atoms with Gasteiger partial charge in [0, 0.05) is 6.04 Å². The van der Waals surface area contributed by atoms with Crippen LogP contribution in [0.2, 0.25) is 0 Å². The predicted octanol–water partition coefficient (Wildman–Crippen LogP) is 3.23. The smallest absolute Gasteiger partial charge is 0.0945 e. The van der Waals surface area contributed by atoms with Crippen LogP contribution < -0.4 is 0 Å². The van der Waals surface area contributed by atoms with Gasteiger partial charge >= 0.3 is 0 Å². The van der Waals surface area contributed by atoms with Crippen LogP contribution in [0.25, 0.3) is 0 Å². The Hall–Kier alpha value is -0.860. The standard InChI is InChI=1S/C16H25NO/c1-3-15(17-11-9-13(2)10-12-17)16(18)14-7-5-4-6-8-14/h4-8,13,15-16,18H,3,9-12H2,1-2H3. The van der Waals surface area contributed by atoms with Crippen molar-refractivity contribution in [2.24, 2.45) is 5.92 Å². The van der Waals surface area contributed by atoms with Gasteiger partial charge in [0.25, 0.3) is 0 Å². The number of hydrogen-bond donors (Lipinski definition) is 1. The molecular formula is C16H25NO. The quantitative estimate of drug-likeness (QED) is 0.883. The van der Waals surface area contributed by atoms with Crippen molar-refractivity contribution in [2.75, 3.05) is 13.1 Å². The second kappa shape index (κ2) is 6.35. The van der Waals surface area contributed by atoms with Gasteiger partial charge in [-0.2, -0.15) is 0 Å². The predicted molar refractivity (Wildman–Crippen MR) is 75.5 cm³/mol. The van der Waals surface area contributed by atoms with Gasteiger partial charge in [0.2, 0.25) is 0 Å². The third kappa shape index (κ3) is 3.12. The normalized spacial score (nSPS) is 21.7. The highest BCUT2D eigenvalue weighted by atomic mass is 16.3. The maximum atomic E-state index is 10.6. The molecule has 0 radical (unpaired) electrons. The third-order valence-electron chi connectivity index (χ3n) is 4.21. The fraction of sp³-hybridized carbons (Fsp3) is 0.625. The first-order chi connectivity index (χ1) is 8.72. The minimum absolute atomic E-state index is 0.264. The lowest BCUT2D eigenvalue weighted by Gasteiger charge is -2.38. The molecule has 0 bridgehead atoms. The van der Waals surface area contributed by atoms with Crippen molar-refractivity contribution in [3.63, 3.8) is 0 Å². The minimum Gasteiger partial charge on any atom is -0.387 e. The van der Waals surface area contributed by atoms with Crippen LogP contribution in [0.4, 0.5) is 0 Å². The molecule has 2 unspecified atom stereocenters. The number of likely N-dealkylation sites (tertiary alicyclic amines) is 1. The summed E-state index contributed by atoms with van der Waals surface area (Å²) in [5.41, 5.74) is 1.04. The molecule has 0 aromatic heterocycles. The highest BCUT2D eigenvalue weighted by Gasteiger charge is 2.28. The Bertz CT molecular complexity index is 343. The zero-order chi connectivity index (χ0) is 13.0. The lowest BCUT2D eigenvalue weighted by molar-refractivity contribution is 0.0275. The summed E-state index contributed by atoms with van der Waals surface area (Å²) in [4.78, 5) is 2.47. The summed E-state index contributed by atoms with van der Waals surface area (Å²) in [6.45, 7) is 6.76. The molecule has 0 aliphatic carbocycles. The largest absolute Gasteiger partial charge is 0.387 e. The van der Waals surface area contributed by atoms with Gasteiger partial charge in [-0.15, -0.1) is 0 Å². The molecule has 1 N–H and O–H groups in total. The van der Waals surface area contributed by atoms with Crippen molar-refractivity contribution >= 4 is 0 Å². The van der Waals surface area contributed by atoms with Crippen LogP contribution in [0.1, 0.15) is 44.8 Å². The van der Waals surface area contributed by atoms with Crippen LogP contribution in [-0.2, 0) is 0 Å². The Balaban J connectivity index is 2.04. The lowest BCUT2D eigenvalue weighted by Crippen LogP contribution is -2.43. The van der Waals surface area contributed by atoms with E-state index in [1.807, 2.05) is 30.3 Å². The maximum Gasteiger partial charge on any atom is 0.0945 e. The van der Waals surface area contributed by atoms with E-state index in [0.29, 0.717) is 0 Å². The molecule has 1 aliphatic rings. The van der Waals surface area contributed by atoms with Crippen LogP contribution >= 0.6 is 0 Å². The number of nitrogens with zero attached hydrogens (tertiary/aromatic N) is 1. The van der Waals surface area contributed by atoms with Crippen LogP contribution in [0, 0.1) is 5.92 Å². The molecule has 0 amide bonds. The van der Waals surface area contributed by atoms with Crippen molar-refractivity contribution in [3.8, 4) is 0 Å². The lowest BCUT2D eigenvalue weighted by atomic mass is 9.93. The number of aliphatic hydroxyl groups is 1. The summed E-state index contributed by atoms with van der Waals surface area (Å²) in [7, 11) is 0. The SMILES string of the molecule is CCC(C(O)c1ccccc1)N1CCC(C)CC1. The monoisotopic (exact) mass is 247 g/mol. The van der Waals surface area contributed by atoms with E-state index in [4.69, 9.17) is 0 Å². The van der Waals surface area contributed by atoms with Gasteiger partial charge in [-0.1, -0.05) is 44.2 Å². The minimum atomic E-state index is -0.357. The van der Waals surface area contributed by atoms with Gasteiger partial charge in [-0.25, -0.2) is 0 Å². The van der Waals surface area contributed by atoms with E-state index in [1.165, 1.54) is 12.8 Å². The third-order valence-corrected chi connectivity index (χ3v) is 4.21. The molecule has 18 heavy (non-hydrogen) atoms. The molecule has 1 fully saturated rings. The molecule has 1 heterocycles. The first-order valence-electron chi connectivity index (χ1n) is 7.19. The van der Waals surface area contributed by atoms with Crippen molar-refractivity contribution in [3.05, 3.63) is 35.9 Å². The Morgan fingerprint density at radius 1 is 1.22 bits per heavy atom. The summed E-state index contributed by atoms with van der Waals surface area (Å²) in [5.74, 6) is 0.840. The van der Waals surface area contributed by atoms with Crippen molar-refractivity contribution in [2.45, 2.75) is 45.3 Å². The van der Waals surface area contributed by atoms with E-state index in [1.54, 1.807) is 0 Å². The Morgan fingerprint density at radius 2 is 1.83 bits per heavy atom. The van der Waals surface area contributed by atoms with Crippen molar-refractivity contribution < 1.29 is 5.11 Å². The van der Waals surface area contributed by atoms with Crippen molar-refractivity contribution in [1.82, 2.24) is 4.90 Å². The van der Waals surface area contributed by atoms with Gasteiger partial charge in [0.1, 0.15) is 0 Å². The van der Waals surface area contributed by atoms with Crippen molar-refractivity contribution in [1.29, 1.82) is 0 Å². The molecule has 1 aliphatic heterocycles. The molecule has 0 spiro atoms. The average molecular weight is 247 g/mol. The van der Waals surface area contributed by atoms with E-state index in [9.17, 15) is 5.11 Å². The molecule has 0 saturated carbocycles. The van der Waals surface area contributed by atoms with Gasteiger partial charge < -0.3 is 5.11 Å². The molecule has 2 nitrogen and oxygen atoms in total. The fourth-order valence-electron chi connectivity index (χ4n) is 2.91. The van der Waals surface area contributed by atoms with E-state index in [0.717, 1.165) is 31.0 Å². The zero-order valence-electron chi connectivity index (χ0n) is 11.5. The molecule has 2 heteroatoms. The number of aliphatic hydroxyl groups excluding tert-OH is 1. The Labute approximate surface area is 111 Å².